The van der Waals surface area contributed by atoms with Crippen molar-refractivity contribution in [2.45, 2.75) is 38.1 Å². The van der Waals surface area contributed by atoms with Crippen LogP contribution in [-0.2, 0) is 5.41 Å². The van der Waals surface area contributed by atoms with E-state index >= 15 is 0 Å². The standard InChI is InChI=1S/C13H17NO2/c1-8-3-4-10(12-11(8)15-7-16-12)13(5-6-13)9(2)14/h3-4,9H,5-7,14H2,1-2H3. The summed E-state index contributed by atoms with van der Waals surface area (Å²) in [4.78, 5) is 0. The molecule has 3 nitrogen and oxygen atoms in total. The van der Waals surface area contributed by atoms with E-state index in [0.29, 0.717) is 6.79 Å². The Bertz CT molecular complexity index is 436. The summed E-state index contributed by atoms with van der Waals surface area (Å²) in [5, 5.41) is 0. The van der Waals surface area contributed by atoms with Crippen molar-refractivity contribution < 1.29 is 9.47 Å². The molecule has 2 N–H and O–H groups in total. The number of nitrogens with two attached hydrogens (primary N) is 1. The SMILES string of the molecule is Cc1ccc(C2(C(C)N)CC2)c2c1OCO2. The van der Waals surface area contributed by atoms with Crippen molar-refractivity contribution in [3.8, 4) is 11.5 Å². The van der Waals surface area contributed by atoms with E-state index in [1.54, 1.807) is 0 Å². The summed E-state index contributed by atoms with van der Waals surface area (Å²) in [6, 6.07) is 4.42. The van der Waals surface area contributed by atoms with Crippen LogP contribution in [0.25, 0.3) is 0 Å². The Morgan fingerprint density at radius 3 is 2.56 bits per heavy atom. The minimum absolute atomic E-state index is 0.130. The number of benzene rings is 1. The topological polar surface area (TPSA) is 44.5 Å². The monoisotopic (exact) mass is 219 g/mol. The summed E-state index contributed by atoms with van der Waals surface area (Å²) in [5.74, 6) is 1.83. The highest BCUT2D eigenvalue weighted by atomic mass is 16.7. The van der Waals surface area contributed by atoms with Gasteiger partial charge in [-0.25, -0.2) is 0 Å². The average molecular weight is 219 g/mol. The first-order valence-corrected chi connectivity index (χ1v) is 5.80. The number of rotatable bonds is 2. The van der Waals surface area contributed by atoms with Gasteiger partial charge >= 0.3 is 0 Å². The van der Waals surface area contributed by atoms with E-state index < -0.39 is 0 Å². The second-order valence-electron chi connectivity index (χ2n) is 4.94. The first kappa shape index (κ1) is 9.97. The zero-order valence-corrected chi connectivity index (χ0v) is 9.75. The third-order valence-corrected chi connectivity index (χ3v) is 3.91. The molecule has 1 saturated carbocycles. The molecule has 16 heavy (non-hydrogen) atoms. The minimum atomic E-state index is 0.130. The molecule has 0 radical (unpaired) electrons. The van der Waals surface area contributed by atoms with Crippen molar-refractivity contribution in [2.24, 2.45) is 5.73 Å². The van der Waals surface area contributed by atoms with Crippen LogP contribution in [0.4, 0.5) is 0 Å². The van der Waals surface area contributed by atoms with Crippen molar-refractivity contribution in [1.82, 2.24) is 0 Å². The van der Waals surface area contributed by atoms with Gasteiger partial charge in [0, 0.05) is 17.0 Å². The van der Waals surface area contributed by atoms with Crippen molar-refractivity contribution in [2.75, 3.05) is 6.79 Å². The first-order valence-electron chi connectivity index (χ1n) is 5.80. The molecule has 1 aromatic carbocycles. The summed E-state index contributed by atoms with van der Waals surface area (Å²) in [7, 11) is 0. The molecule has 1 aromatic rings. The largest absolute Gasteiger partial charge is 0.453 e. The molecule has 0 saturated heterocycles. The second kappa shape index (κ2) is 3.14. The van der Waals surface area contributed by atoms with E-state index in [1.807, 2.05) is 6.92 Å². The minimum Gasteiger partial charge on any atom is -0.453 e. The molecule has 0 bridgehead atoms. The first-order chi connectivity index (χ1) is 7.65. The zero-order valence-electron chi connectivity index (χ0n) is 9.75. The van der Waals surface area contributed by atoms with E-state index in [2.05, 4.69) is 19.1 Å². The lowest BCUT2D eigenvalue weighted by Crippen LogP contribution is -2.31. The third kappa shape index (κ3) is 1.18. The molecule has 2 aliphatic rings. The average Bonchev–Trinajstić information content (AvgIpc) is 2.90. The van der Waals surface area contributed by atoms with Gasteiger partial charge in [-0.2, -0.15) is 0 Å². The summed E-state index contributed by atoms with van der Waals surface area (Å²) in [5.41, 5.74) is 8.60. The van der Waals surface area contributed by atoms with Crippen molar-refractivity contribution in [3.05, 3.63) is 23.3 Å². The van der Waals surface area contributed by atoms with Crippen LogP contribution in [0.5, 0.6) is 11.5 Å². The maximum Gasteiger partial charge on any atom is 0.231 e. The van der Waals surface area contributed by atoms with Gasteiger partial charge in [0.2, 0.25) is 6.79 Å². The van der Waals surface area contributed by atoms with Crippen LogP contribution >= 0.6 is 0 Å². The van der Waals surface area contributed by atoms with Gasteiger partial charge in [0.15, 0.2) is 11.5 Å². The fourth-order valence-electron chi connectivity index (χ4n) is 2.63. The lowest BCUT2D eigenvalue weighted by molar-refractivity contribution is 0.172. The van der Waals surface area contributed by atoms with E-state index in [4.69, 9.17) is 15.2 Å². The normalized spacial score (nSPS) is 21.9. The molecule has 1 aliphatic carbocycles. The van der Waals surface area contributed by atoms with Crippen LogP contribution in [-0.4, -0.2) is 12.8 Å². The Balaban J connectivity index is 2.13. The summed E-state index contributed by atoms with van der Waals surface area (Å²) in [6.45, 7) is 4.46. The molecule has 1 aliphatic heterocycles. The van der Waals surface area contributed by atoms with Gasteiger partial charge in [0.25, 0.3) is 0 Å². The summed E-state index contributed by atoms with van der Waals surface area (Å²) in [6.07, 6.45) is 2.31. The van der Waals surface area contributed by atoms with Crippen LogP contribution in [0.15, 0.2) is 12.1 Å². The quantitative estimate of drug-likeness (QED) is 0.828. The Morgan fingerprint density at radius 1 is 1.25 bits per heavy atom. The molecule has 86 valence electrons. The number of hydrogen-bond acceptors (Lipinski definition) is 3. The molecule has 1 unspecified atom stereocenters. The summed E-state index contributed by atoms with van der Waals surface area (Å²) >= 11 is 0. The highest BCUT2D eigenvalue weighted by Gasteiger charge is 2.50. The van der Waals surface area contributed by atoms with Crippen LogP contribution < -0.4 is 15.2 Å². The molecule has 1 fully saturated rings. The highest BCUT2D eigenvalue weighted by molar-refractivity contribution is 5.57. The molecular formula is C13H17NO2. The van der Waals surface area contributed by atoms with Crippen LogP contribution in [0.3, 0.4) is 0 Å². The molecule has 3 heteroatoms. The maximum absolute atomic E-state index is 6.10. The van der Waals surface area contributed by atoms with E-state index in [-0.39, 0.29) is 11.5 Å². The fourth-order valence-corrected chi connectivity index (χ4v) is 2.63. The molecule has 1 atom stereocenters. The van der Waals surface area contributed by atoms with Crippen LogP contribution in [0.2, 0.25) is 0 Å². The van der Waals surface area contributed by atoms with Crippen LogP contribution in [0, 0.1) is 6.92 Å². The van der Waals surface area contributed by atoms with Crippen molar-refractivity contribution >= 4 is 0 Å². The molecular weight excluding hydrogens is 202 g/mol. The lowest BCUT2D eigenvalue weighted by atomic mass is 9.88. The highest BCUT2D eigenvalue weighted by Crippen LogP contribution is 2.56. The molecule has 0 spiro atoms. The van der Waals surface area contributed by atoms with Gasteiger partial charge in [0.05, 0.1) is 0 Å². The third-order valence-electron chi connectivity index (χ3n) is 3.91. The molecule has 1 heterocycles. The van der Waals surface area contributed by atoms with Crippen molar-refractivity contribution in [3.63, 3.8) is 0 Å². The van der Waals surface area contributed by atoms with Crippen LogP contribution in [0.1, 0.15) is 30.9 Å². The predicted octanol–water partition coefficient (Wildman–Crippen LogP) is 2.10. The molecule has 3 rings (SSSR count). The Hall–Kier alpha value is -1.22. The van der Waals surface area contributed by atoms with Gasteiger partial charge in [0.1, 0.15) is 0 Å². The maximum atomic E-state index is 6.10. The Labute approximate surface area is 95.5 Å². The number of hydrogen-bond donors (Lipinski definition) is 1. The van der Waals surface area contributed by atoms with Gasteiger partial charge in [-0.3, -0.25) is 0 Å². The van der Waals surface area contributed by atoms with Gasteiger partial charge < -0.3 is 15.2 Å². The fraction of sp³-hybridized carbons (Fsp3) is 0.538. The van der Waals surface area contributed by atoms with Gasteiger partial charge in [-0.1, -0.05) is 12.1 Å². The number of fused-ring (bicyclic) bond motifs is 1. The molecule has 0 amide bonds. The van der Waals surface area contributed by atoms with Gasteiger partial charge in [-0.05, 0) is 32.3 Å². The smallest absolute Gasteiger partial charge is 0.231 e. The van der Waals surface area contributed by atoms with E-state index in [1.165, 1.54) is 5.56 Å². The second-order valence-corrected chi connectivity index (χ2v) is 4.94. The summed E-state index contributed by atoms with van der Waals surface area (Å²) < 4.78 is 11.1. The Kier molecular flexibility index (Phi) is 1.96. The van der Waals surface area contributed by atoms with Crippen molar-refractivity contribution in [1.29, 1.82) is 0 Å². The lowest BCUT2D eigenvalue weighted by Gasteiger charge is -2.21. The predicted molar refractivity (Wildman–Crippen MR) is 61.9 cm³/mol. The number of aryl methyl sites for hydroxylation is 1. The van der Waals surface area contributed by atoms with E-state index in [9.17, 15) is 0 Å². The van der Waals surface area contributed by atoms with E-state index in [0.717, 1.165) is 29.9 Å². The Morgan fingerprint density at radius 2 is 1.94 bits per heavy atom. The van der Waals surface area contributed by atoms with Gasteiger partial charge in [-0.15, -0.1) is 0 Å². The zero-order chi connectivity index (χ0) is 11.3. The number of ether oxygens (including phenoxy) is 2. The molecule has 0 aromatic heterocycles.